The number of aromatic hydroxyl groups is 1. The Bertz CT molecular complexity index is 507. The fourth-order valence-electron chi connectivity index (χ4n) is 2.02. The fourth-order valence-corrected chi connectivity index (χ4v) is 2.02. The zero-order valence-corrected chi connectivity index (χ0v) is 9.91. The first kappa shape index (κ1) is 10.7. The molecule has 0 saturated heterocycles. The van der Waals surface area contributed by atoms with E-state index in [2.05, 4.69) is 26.0 Å². The lowest BCUT2D eigenvalue weighted by atomic mass is 9.93. The summed E-state index contributed by atoms with van der Waals surface area (Å²) < 4.78 is 0. The van der Waals surface area contributed by atoms with Crippen molar-refractivity contribution in [3.05, 3.63) is 53.1 Å². The molecule has 2 aromatic carbocycles. The molecule has 0 heterocycles. The van der Waals surface area contributed by atoms with Crippen LogP contribution in [0.4, 0.5) is 0 Å². The number of rotatable bonds is 1. The predicted molar refractivity (Wildman–Crippen MR) is 67.8 cm³/mol. The molecule has 0 aliphatic heterocycles. The molecule has 0 aromatic heterocycles. The molecule has 1 N–H and O–H groups in total. The van der Waals surface area contributed by atoms with Crippen LogP contribution in [-0.2, 0) is 0 Å². The maximum atomic E-state index is 9.96. The Balaban J connectivity index is 2.73. The second kappa shape index (κ2) is 4.01. The highest BCUT2D eigenvalue weighted by Crippen LogP contribution is 2.34. The zero-order chi connectivity index (χ0) is 11.7. The van der Waals surface area contributed by atoms with E-state index in [1.807, 2.05) is 25.1 Å². The van der Waals surface area contributed by atoms with Crippen molar-refractivity contribution >= 4 is 0 Å². The smallest absolute Gasteiger partial charge is 0.123 e. The Morgan fingerprint density at radius 3 is 2.12 bits per heavy atom. The number of aryl methyl sites for hydroxylation is 2. The van der Waals surface area contributed by atoms with Crippen LogP contribution in [0.1, 0.15) is 16.7 Å². The van der Waals surface area contributed by atoms with E-state index in [0.717, 1.165) is 16.7 Å². The molecule has 0 radical (unpaired) electrons. The molecule has 0 bridgehead atoms. The highest BCUT2D eigenvalue weighted by Gasteiger charge is 2.10. The van der Waals surface area contributed by atoms with Gasteiger partial charge >= 0.3 is 0 Å². The van der Waals surface area contributed by atoms with E-state index in [1.165, 1.54) is 11.1 Å². The van der Waals surface area contributed by atoms with Crippen molar-refractivity contribution in [2.45, 2.75) is 20.8 Å². The van der Waals surface area contributed by atoms with Gasteiger partial charge in [0.05, 0.1) is 0 Å². The van der Waals surface area contributed by atoms with E-state index < -0.39 is 0 Å². The van der Waals surface area contributed by atoms with Crippen LogP contribution in [0.15, 0.2) is 36.4 Å². The SMILES string of the molecule is Cc1cccc(-c2c(C)cccc2O)c1C. The van der Waals surface area contributed by atoms with Crippen molar-refractivity contribution in [3.63, 3.8) is 0 Å². The van der Waals surface area contributed by atoms with Gasteiger partial charge in [-0.05, 0) is 49.1 Å². The molecule has 0 aliphatic carbocycles. The summed E-state index contributed by atoms with van der Waals surface area (Å²) in [7, 11) is 0. The molecule has 0 unspecified atom stereocenters. The number of hydrogen-bond acceptors (Lipinski definition) is 1. The minimum atomic E-state index is 0.355. The quantitative estimate of drug-likeness (QED) is 0.758. The van der Waals surface area contributed by atoms with Crippen LogP contribution in [0, 0.1) is 20.8 Å². The van der Waals surface area contributed by atoms with Gasteiger partial charge in [0.15, 0.2) is 0 Å². The monoisotopic (exact) mass is 212 g/mol. The van der Waals surface area contributed by atoms with Crippen molar-refractivity contribution in [2.75, 3.05) is 0 Å². The van der Waals surface area contributed by atoms with E-state index in [9.17, 15) is 5.11 Å². The van der Waals surface area contributed by atoms with Gasteiger partial charge in [-0.25, -0.2) is 0 Å². The normalized spacial score (nSPS) is 10.4. The standard InChI is InChI=1S/C15H16O/c1-10-6-4-8-13(12(10)3)15-11(2)7-5-9-14(15)16/h4-9,16H,1-3H3. The van der Waals surface area contributed by atoms with E-state index >= 15 is 0 Å². The molecule has 82 valence electrons. The summed E-state index contributed by atoms with van der Waals surface area (Å²) in [4.78, 5) is 0. The minimum absolute atomic E-state index is 0.355. The Morgan fingerprint density at radius 2 is 1.44 bits per heavy atom. The molecule has 2 aromatic rings. The van der Waals surface area contributed by atoms with E-state index in [4.69, 9.17) is 0 Å². The van der Waals surface area contributed by atoms with Gasteiger partial charge in [0.25, 0.3) is 0 Å². The molecule has 0 fully saturated rings. The maximum absolute atomic E-state index is 9.96. The highest BCUT2D eigenvalue weighted by molar-refractivity contribution is 5.76. The summed E-state index contributed by atoms with van der Waals surface area (Å²) >= 11 is 0. The fraction of sp³-hybridized carbons (Fsp3) is 0.200. The Labute approximate surface area is 96.4 Å². The first-order valence-corrected chi connectivity index (χ1v) is 5.46. The van der Waals surface area contributed by atoms with Crippen LogP contribution in [-0.4, -0.2) is 5.11 Å². The van der Waals surface area contributed by atoms with Gasteiger partial charge in [0, 0.05) is 5.56 Å². The second-order valence-electron chi connectivity index (χ2n) is 4.22. The average molecular weight is 212 g/mol. The molecule has 1 nitrogen and oxygen atoms in total. The summed E-state index contributed by atoms with van der Waals surface area (Å²) in [5.41, 5.74) is 5.65. The largest absolute Gasteiger partial charge is 0.507 e. The van der Waals surface area contributed by atoms with Crippen molar-refractivity contribution in [3.8, 4) is 16.9 Å². The summed E-state index contributed by atoms with van der Waals surface area (Å²) in [6.07, 6.45) is 0. The number of phenols is 1. The number of benzene rings is 2. The highest BCUT2D eigenvalue weighted by atomic mass is 16.3. The van der Waals surface area contributed by atoms with Crippen molar-refractivity contribution in [1.29, 1.82) is 0 Å². The predicted octanol–water partition coefficient (Wildman–Crippen LogP) is 3.98. The molecular weight excluding hydrogens is 196 g/mol. The Kier molecular flexibility index (Phi) is 2.69. The van der Waals surface area contributed by atoms with Crippen molar-refractivity contribution in [1.82, 2.24) is 0 Å². The third-order valence-electron chi connectivity index (χ3n) is 3.12. The van der Waals surface area contributed by atoms with Gasteiger partial charge in [0.1, 0.15) is 5.75 Å². The summed E-state index contributed by atoms with van der Waals surface area (Å²) in [6.45, 7) is 6.21. The third kappa shape index (κ3) is 1.69. The topological polar surface area (TPSA) is 20.2 Å². The Morgan fingerprint density at radius 1 is 0.812 bits per heavy atom. The van der Waals surface area contributed by atoms with Gasteiger partial charge in [-0.15, -0.1) is 0 Å². The second-order valence-corrected chi connectivity index (χ2v) is 4.22. The Hall–Kier alpha value is -1.76. The molecule has 1 heteroatoms. The average Bonchev–Trinajstić information content (AvgIpc) is 2.24. The summed E-state index contributed by atoms with van der Waals surface area (Å²) in [5.74, 6) is 0.355. The molecule has 16 heavy (non-hydrogen) atoms. The molecular formula is C15H16O. The summed E-state index contributed by atoms with van der Waals surface area (Å²) in [5, 5.41) is 9.96. The number of hydrogen-bond donors (Lipinski definition) is 1. The van der Waals surface area contributed by atoms with Gasteiger partial charge in [-0.1, -0.05) is 30.3 Å². The first-order chi connectivity index (χ1) is 7.61. The van der Waals surface area contributed by atoms with E-state index in [-0.39, 0.29) is 0 Å². The molecule has 0 spiro atoms. The zero-order valence-electron chi connectivity index (χ0n) is 9.91. The molecule has 0 aliphatic rings. The molecule has 0 atom stereocenters. The lowest BCUT2D eigenvalue weighted by Gasteiger charge is -2.12. The van der Waals surface area contributed by atoms with Crippen LogP contribution >= 0.6 is 0 Å². The van der Waals surface area contributed by atoms with Crippen molar-refractivity contribution < 1.29 is 5.11 Å². The van der Waals surface area contributed by atoms with Crippen LogP contribution in [0.25, 0.3) is 11.1 Å². The van der Waals surface area contributed by atoms with Gasteiger partial charge in [-0.3, -0.25) is 0 Å². The minimum Gasteiger partial charge on any atom is -0.507 e. The lowest BCUT2D eigenvalue weighted by molar-refractivity contribution is 0.477. The van der Waals surface area contributed by atoms with E-state index in [0.29, 0.717) is 5.75 Å². The van der Waals surface area contributed by atoms with Crippen LogP contribution < -0.4 is 0 Å². The van der Waals surface area contributed by atoms with Gasteiger partial charge in [0.2, 0.25) is 0 Å². The van der Waals surface area contributed by atoms with Crippen LogP contribution in [0.2, 0.25) is 0 Å². The van der Waals surface area contributed by atoms with Crippen LogP contribution in [0.5, 0.6) is 5.75 Å². The summed E-state index contributed by atoms with van der Waals surface area (Å²) in [6, 6.07) is 11.8. The maximum Gasteiger partial charge on any atom is 0.123 e. The van der Waals surface area contributed by atoms with Gasteiger partial charge < -0.3 is 5.11 Å². The van der Waals surface area contributed by atoms with Crippen molar-refractivity contribution in [2.24, 2.45) is 0 Å². The lowest BCUT2D eigenvalue weighted by Crippen LogP contribution is -1.90. The van der Waals surface area contributed by atoms with Crippen LogP contribution in [0.3, 0.4) is 0 Å². The molecule has 2 rings (SSSR count). The third-order valence-corrected chi connectivity index (χ3v) is 3.12. The molecule has 0 amide bonds. The van der Waals surface area contributed by atoms with E-state index in [1.54, 1.807) is 6.07 Å². The number of phenolic OH excluding ortho intramolecular Hbond substituents is 1. The van der Waals surface area contributed by atoms with Gasteiger partial charge in [-0.2, -0.15) is 0 Å². The molecule has 0 saturated carbocycles. The first-order valence-electron chi connectivity index (χ1n) is 5.46.